The van der Waals surface area contributed by atoms with Crippen LogP contribution in [0, 0.1) is 17.8 Å². The maximum absolute atomic E-state index is 13.9. The zero-order valence-electron chi connectivity index (χ0n) is 29.4. The number of H-pyrrole nitrogens is 1. The minimum absolute atomic E-state index is 0.0244. The molecular formula is C38H51N5O5. The Morgan fingerprint density at radius 3 is 2.23 bits per heavy atom. The molecule has 0 spiro atoms. The summed E-state index contributed by atoms with van der Waals surface area (Å²) in [6, 6.07) is 11.9. The Bertz CT molecular complexity index is 1650. The van der Waals surface area contributed by atoms with E-state index in [1.807, 2.05) is 64.9 Å². The van der Waals surface area contributed by atoms with Gasteiger partial charge < -0.3 is 29.2 Å². The van der Waals surface area contributed by atoms with Crippen LogP contribution >= 0.6 is 0 Å². The molecule has 2 aromatic carbocycles. The van der Waals surface area contributed by atoms with Crippen LogP contribution in [0.5, 0.6) is 11.5 Å². The van der Waals surface area contributed by atoms with Gasteiger partial charge in [-0.3, -0.25) is 19.3 Å². The third-order valence-corrected chi connectivity index (χ3v) is 10.8. The highest BCUT2D eigenvalue weighted by molar-refractivity contribution is 6.01. The van der Waals surface area contributed by atoms with Crippen LogP contribution in [0.2, 0.25) is 0 Å². The Hall–Kier alpha value is -4.05. The van der Waals surface area contributed by atoms with Crippen molar-refractivity contribution in [3.05, 3.63) is 47.5 Å². The number of carbonyl (C=O) groups excluding carboxylic acids is 3. The highest BCUT2D eigenvalue weighted by atomic mass is 16.5. The molecule has 3 aromatic rings. The number of amides is 3. The molecule has 3 aliphatic heterocycles. The first-order valence-corrected chi connectivity index (χ1v) is 17.6. The number of hydrogen-bond acceptors (Lipinski definition) is 6. The maximum Gasteiger partial charge on any atom is 0.253 e. The van der Waals surface area contributed by atoms with Gasteiger partial charge in [0.1, 0.15) is 0 Å². The molecular weight excluding hydrogens is 606 g/mol. The topological polar surface area (TPSA) is 98.4 Å². The Balaban J connectivity index is 1.10. The summed E-state index contributed by atoms with van der Waals surface area (Å²) in [4.78, 5) is 51.8. The molecule has 0 bridgehead atoms. The minimum atomic E-state index is -0.0244. The predicted octanol–water partition coefficient (Wildman–Crippen LogP) is 5.09. The van der Waals surface area contributed by atoms with E-state index in [0.29, 0.717) is 56.3 Å². The van der Waals surface area contributed by atoms with E-state index < -0.39 is 0 Å². The van der Waals surface area contributed by atoms with Crippen LogP contribution in [0.3, 0.4) is 0 Å². The first-order valence-electron chi connectivity index (χ1n) is 17.6. The van der Waals surface area contributed by atoms with Gasteiger partial charge in [0, 0.05) is 79.7 Å². The first kappa shape index (κ1) is 33.8. The summed E-state index contributed by atoms with van der Waals surface area (Å²) in [5.74, 6) is 2.52. The number of aromatic nitrogens is 1. The van der Waals surface area contributed by atoms with E-state index in [1.54, 1.807) is 14.2 Å². The van der Waals surface area contributed by atoms with Gasteiger partial charge in [0.05, 0.1) is 32.4 Å². The monoisotopic (exact) mass is 657 g/mol. The average Bonchev–Trinajstić information content (AvgIpc) is 3.80. The average molecular weight is 658 g/mol. The third-order valence-electron chi connectivity index (χ3n) is 10.8. The summed E-state index contributed by atoms with van der Waals surface area (Å²) >= 11 is 0. The number of nitrogens with zero attached hydrogens (tertiary/aromatic N) is 4. The summed E-state index contributed by atoms with van der Waals surface area (Å²) in [5, 5.41) is 1.05. The van der Waals surface area contributed by atoms with Crippen LogP contribution < -0.4 is 9.47 Å². The van der Waals surface area contributed by atoms with E-state index in [-0.39, 0.29) is 41.4 Å². The van der Waals surface area contributed by atoms with Crippen molar-refractivity contribution in [3.8, 4) is 22.8 Å². The fourth-order valence-electron chi connectivity index (χ4n) is 8.20. The summed E-state index contributed by atoms with van der Waals surface area (Å²) in [6.45, 7) is 14.4. The molecule has 3 saturated heterocycles. The van der Waals surface area contributed by atoms with Crippen molar-refractivity contribution in [2.24, 2.45) is 17.8 Å². The molecule has 10 heteroatoms. The number of rotatable bonds is 10. The SMILES string of the molecule is CCN(CC)C(=O)C1CCCN(CC(=O)N2CC3CN(C(=O)c4ccc5[nH]c(-c6ccc(OC)c(OC)c6)c(C(C)C)c5c4)CC3C2)C1. The van der Waals surface area contributed by atoms with Gasteiger partial charge in [-0.1, -0.05) is 13.8 Å². The van der Waals surface area contributed by atoms with E-state index in [0.717, 1.165) is 60.2 Å². The fourth-order valence-corrected chi connectivity index (χ4v) is 8.20. The van der Waals surface area contributed by atoms with Gasteiger partial charge in [-0.25, -0.2) is 0 Å². The second kappa shape index (κ2) is 14.2. The lowest BCUT2D eigenvalue weighted by molar-refractivity contribution is -0.139. The molecule has 258 valence electrons. The van der Waals surface area contributed by atoms with E-state index in [9.17, 15) is 14.4 Å². The number of hydrogen-bond donors (Lipinski definition) is 1. The van der Waals surface area contributed by atoms with E-state index in [2.05, 4.69) is 23.7 Å². The highest BCUT2D eigenvalue weighted by Gasteiger charge is 2.43. The van der Waals surface area contributed by atoms with Crippen molar-refractivity contribution >= 4 is 28.6 Å². The van der Waals surface area contributed by atoms with Crippen molar-refractivity contribution in [3.63, 3.8) is 0 Å². The number of aromatic amines is 1. The third kappa shape index (κ3) is 6.51. The standard InChI is InChI=1S/C38H51N5O5/c1-7-41(8-2)38(46)27-10-9-15-40(18-27)23-34(44)42-19-28-21-43(22-29(28)20-42)37(45)26-11-13-31-30(16-26)35(24(3)4)36(39-31)25-12-14-32(47-5)33(17-25)48-6/h11-14,16-17,24,27-29,39H,7-10,15,18-23H2,1-6H3. The van der Waals surface area contributed by atoms with Gasteiger partial charge in [0.25, 0.3) is 5.91 Å². The second-order valence-corrected chi connectivity index (χ2v) is 14.0. The summed E-state index contributed by atoms with van der Waals surface area (Å²) < 4.78 is 11.0. The molecule has 0 saturated carbocycles. The fraction of sp³-hybridized carbons (Fsp3) is 0.553. The Kier molecular flexibility index (Phi) is 10.0. The number of ether oxygens (including phenoxy) is 2. The number of methoxy groups -OCH3 is 2. The molecule has 1 N–H and O–H groups in total. The number of piperidine rings is 1. The zero-order chi connectivity index (χ0) is 34.1. The van der Waals surface area contributed by atoms with Crippen LogP contribution in [0.1, 0.15) is 62.4 Å². The quantitative estimate of drug-likeness (QED) is 0.327. The van der Waals surface area contributed by atoms with Gasteiger partial charge in [0.2, 0.25) is 11.8 Å². The Labute approximate surface area is 284 Å². The zero-order valence-corrected chi connectivity index (χ0v) is 29.4. The smallest absolute Gasteiger partial charge is 0.253 e. The van der Waals surface area contributed by atoms with Gasteiger partial charge in [-0.15, -0.1) is 0 Å². The minimum Gasteiger partial charge on any atom is -0.493 e. The molecule has 0 aliphatic carbocycles. The van der Waals surface area contributed by atoms with Crippen LogP contribution in [-0.4, -0.2) is 115 Å². The first-order chi connectivity index (χ1) is 23.1. The number of fused-ring (bicyclic) bond motifs is 2. The normalized spacial score (nSPS) is 21.2. The van der Waals surface area contributed by atoms with Crippen LogP contribution in [0.4, 0.5) is 0 Å². The molecule has 0 radical (unpaired) electrons. The lowest BCUT2D eigenvalue weighted by Gasteiger charge is -2.35. The molecule has 1 aromatic heterocycles. The van der Waals surface area contributed by atoms with Crippen molar-refractivity contribution in [2.75, 3.05) is 73.1 Å². The van der Waals surface area contributed by atoms with Gasteiger partial charge in [0.15, 0.2) is 11.5 Å². The summed E-state index contributed by atoms with van der Waals surface area (Å²) in [5.41, 5.74) is 4.86. The molecule has 3 aliphatic rings. The molecule has 3 atom stereocenters. The Morgan fingerprint density at radius 2 is 1.58 bits per heavy atom. The van der Waals surface area contributed by atoms with Crippen molar-refractivity contribution in [1.29, 1.82) is 0 Å². The van der Waals surface area contributed by atoms with Crippen LogP contribution in [-0.2, 0) is 9.59 Å². The number of benzene rings is 2. The predicted molar refractivity (Wildman–Crippen MR) is 187 cm³/mol. The second-order valence-electron chi connectivity index (χ2n) is 14.0. The van der Waals surface area contributed by atoms with Gasteiger partial charge in [-0.2, -0.15) is 0 Å². The summed E-state index contributed by atoms with van der Waals surface area (Å²) in [6.07, 6.45) is 1.84. The van der Waals surface area contributed by atoms with Crippen molar-refractivity contribution in [2.45, 2.75) is 46.5 Å². The van der Waals surface area contributed by atoms with E-state index in [4.69, 9.17) is 9.47 Å². The van der Waals surface area contributed by atoms with Crippen LogP contribution in [0.15, 0.2) is 36.4 Å². The van der Waals surface area contributed by atoms with E-state index >= 15 is 0 Å². The molecule has 3 unspecified atom stereocenters. The molecule has 3 amide bonds. The number of nitrogens with one attached hydrogen (secondary N) is 1. The summed E-state index contributed by atoms with van der Waals surface area (Å²) in [7, 11) is 3.27. The van der Waals surface area contributed by atoms with Crippen molar-refractivity contribution < 1.29 is 23.9 Å². The highest BCUT2D eigenvalue weighted by Crippen LogP contribution is 2.40. The number of likely N-dealkylation sites (tertiary alicyclic amines) is 3. The van der Waals surface area contributed by atoms with Crippen LogP contribution in [0.25, 0.3) is 22.2 Å². The molecule has 10 nitrogen and oxygen atoms in total. The molecule has 48 heavy (non-hydrogen) atoms. The maximum atomic E-state index is 13.9. The van der Waals surface area contributed by atoms with Gasteiger partial charge in [-0.05, 0) is 81.1 Å². The molecule has 6 rings (SSSR count). The molecule has 3 fully saturated rings. The largest absolute Gasteiger partial charge is 0.493 e. The number of carbonyl (C=O) groups is 3. The lowest BCUT2D eigenvalue weighted by Crippen LogP contribution is -2.48. The van der Waals surface area contributed by atoms with Gasteiger partial charge >= 0.3 is 0 Å². The van der Waals surface area contributed by atoms with Crippen molar-refractivity contribution in [1.82, 2.24) is 24.6 Å². The lowest BCUT2D eigenvalue weighted by atomic mass is 9.95. The Morgan fingerprint density at radius 1 is 0.896 bits per heavy atom. The van der Waals surface area contributed by atoms with E-state index in [1.165, 1.54) is 0 Å². The molecule has 4 heterocycles.